The largest absolute Gasteiger partial charge is 0.379 e. The van der Waals surface area contributed by atoms with Gasteiger partial charge in [-0.15, -0.1) is 0 Å². The molecule has 0 aliphatic carbocycles. The van der Waals surface area contributed by atoms with Gasteiger partial charge in [-0.25, -0.2) is 0 Å². The molecule has 2 aromatic rings. The minimum atomic E-state index is 0.704. The Balaban J connectivity index is 2.19. The van der Waals surface area contributed by atoms with E-state index < -0.39 is 0 Å². The van der Waals surface area contributed by atoms with Gasteiger partial charge in [0, 0.05) is 20.5 Å². The monoisotopic (exact) mass is 387 g/mol. The Morgan fingerprint density at radius 3 is 2.33 bits per heavy atom. The molecule has 0 spiro atoms. The highest BCUT2D eigenvalue weighted by Crippen LogP contribution is 2.34. The van der Waals surface area contributed by atoms with Crippen molar-refractivity contribution in [3.8, 4) is 0 Å². The van der Waals surface area contributed by atoms with Gasteiger partial charge in [0.1, 0.15) is 0 Å². The lowest BCUT2D eigenvalue weighted by atomic mass is 10.1. The molecule has 2 rings (SSSR count). The van der Waals surface area contributed by atoms with Crippen molar-refractivity contribution in [3.63, 3.8) is 0 Å². The lowest BCUT2D eigenvalue weighted by molar-refractivity contribution is 1.11. The summed E-state index contributed by atoms with van der Waals surface area (Å²) in [6, 6.07) is 12.1. The van der Waals surface area contributed by atoms with Crippen LogP contribution in [0.3, 0.4) is 0 Å². The summed E-state index contributed by atoms with van der Waals surface area (Å²) in [7, 11) is 0. The Morgan fingerprint density at radius 2 is 1.72 bits per heavy atom. The zero-order chi connectivity index (χ0) is 13.1. The highest BCUT2D eigenvalue weighted by Gasteiger charge is 2.07. The first kappa shape index (κ1) is 13.9. The summed E-state index contributed by atoms with van der Waals surface area (Å²) in [5.41, 5.74) is 3.58. The number of aryl methyl sites for hydroxylation is 1. The predicted octanol–water partition coefficient (Wildman–Crippen LogP) is 5.79. The van der Waals surface area contributed by atoms with Crippen LogP contribution in [0.1, 0.15) is 11.1 Å². The van der Waals surface area contributed by atoms with Crippen LogP contribution in [-0.2, 0) is 6.54 Å². The van der Waals surface area contributed by atoms with Crippen LogP contribution in [0.5, 0.6) is 0 Å². The third-order valence-electron chi connectivity index (χ3n) is 2.72. The fourth-order valence-electron chi connectivity index (χ4n) is 1.70. The molecule has 0 amide bonds. The van der Waals surface area contributed by atoms with Crippen molar-refractivity contribution in [3.05, 3.63) is 61.5 Å². The minimum Gasteiger partial charge on any atom is -0.379 e. The molecular weight excluding hydrogens is 377 g/mol. The van der Waals surface area contributed by atoms with Crippen molar-refractivity contribution in [2.75, 3.05) is 5.32 Å². The standard InChI is InChI=1S/C14H12Br2ClN/c1-9-4-2-3-5-10(9)8-18-14-12(15)6-11(17)7-13(14)16/h2-7,18H,8H2,1H3. The second kappa shape index (κ2) is 6.09. The van der Waals surface area contributed by atoms with E-state index in [-0.39, 0.29) is 0 Å². The highest BCUT2D eigenvalue weighted by atomic mass is 79.9. The second-order valence-electron chi connectivity index (χ2n) is 4.02. The van der Waals surface area contributed by atoms with Crippen LogP contribution in [-0.4, -0.2) is 0 Å². The van der Waals surface area contributed by atoms with Gasteiger partial charge in [0.25, 0.3) is 0 Å². The van der Waals surface area contributed by atoms with Crippen molar-refractivity contribution >= 4 is 49.1 Å². The van der Waals surface area contributed by atoms with E-state index in [4.69, 9.17) is 11.6 Å². The first-order valence-electron chi connectivity index (χ1n) is 5.51. The molecule has 0 aliphatic heterocycles. The van der Waals surface area contributed by atoms with Crippen molar-refractivity contribution in [1.82, 2.24) is 0 Å². The number of nitrogens with one attached hydrogen (secondary N) is 1. The van der Waals surface area contributed by atoms with Crippen molar-refractivity contribution in [2.24, 2.45) is 0 Å². The van der Waals surface area contributed by atoms with E-state index in [1.807, 2.05) is 18.2 Å². The molecule has 2 aromatic carbocycles. The quantitative estimate of drug-likeness (QED) is 0.701. The summed E-state index contributed by atoms with van der Waals surface area (Å²) >= 11 is 13.0. The highest BCUT2D eigenvalue weighted by molar-refractivity contribution is 9.11. The summed E-state index contributed by atoms with van der Waals surface area (Å²) in [6.07, 6.45) is 0. The lowest BCUT2D eigenvalue weighted by Crippen LogP contribution is -2.02. The van der Waals surface area contributed by atoms with E-state index in [0.717, 1.165) is 21.2 Å². The van der Waals surface area contributed by atoms with E-state index >= 15 is 0 Å². The van der Waals surface area contributed by atoms with Crippen LogP contribution in [0, 0.1) is 6.92 Å². The van der Waals surface area contributed by atoms with E-state index in [0.29, 0.717) is 5.02 Å². The van der Waals surface area contributed by atoms with Crippen LogP contribution in [0.4, 0.5) is 5.69 Å². The minimum absolute atomic E-state index is 0.704. The first-order valence-corrected chi connectivity index (χ1v) is 7.47. The van der Waals surface area contributed by atoms with Crippen LogP contribution < -0.4 is 5.32 Å². The average molecular weight is 390 g/mol. The predicted molar refractivity (Wildman–Crippen MR) is 85.4 cm³/mol. The Morgan fingerprint density at radius 1 is 1.11 bits per heavy atom. The summed E-state index contributed by atoms with van der Waals surface area (Å²) in [4.78, 5) is 0. The Bertz CT molecular complexity index is 546. The van der Waals surface area contributed by atoms with E-state index in [1.165, 1.54) is 11.1 Å². The fraction of sp³-hybridized carbons (Fsp3) is 0.143. The summed E-state index contributed by atoms with van der Waals surface area (Å²) in [5.74, 6) is 0. The third kappa shape index (κ3) is 3.28. The summed E-state index contributed by atoms with van der Waals surface area (Å²) in [5, 5.41) is 4.12. The molecule has 1 N–H and O–H groups in total. The smallest absolute Gasteiger partial charge is 0.0632 e. The number of rotatable bonds is 3. The molecule has 0 unspecified atom stereocenters. The number of hydrogen-bond acceptors (Lipinski definition) is 1. The van der Waals surface area contributed by atoms with E-state index in [2.05, 4.69) is 62.3 Å². The number of halogens is 3. The van der Waals surface area contributed by atoms with Crippen LogP contribution >= 0.6 is 43.5 Å². The molecule has 94 valence electrons. The van der Waals surface area contributed by atoms with Gasteiger partial charge >= 0.3 is 0 Å². The van der Waals surface area contributed by atoms with Gasteiger partial charge in [-0.3, -0.25) is 0 Å². The van der Waals surface area contributed by atoms with Crippen LogP contribution in [0.15, 0.2) is 45.3 Å². The average Bonchev–Trinajstić information content (AvgIpc) is 2.30. The summed E-state index contributed by atoms with van der Waals surface area (Å²) < 4.78 is 1.91. The van der Waals surface area contributed by atoms with E-state index in [9.17, 15) is 0 Å². The van der Waals surface area contributed by atoms with Crippen molar-refractivity contribution < 1.29 is 0 Å². The van der Waals surface area contributed by atoms with Gasteiger partial charge in [-0.2, -0.15) is 0 Å². The first-order chi connectivity index (χ1) is 8.58. The van der Waals surface area contributed by atoms with Gasteiger partial charge in [0.05, 0.1) is 5.69 Å². The van der Waals surface area contributed by atoms with Gasteiger partial charge in [0.2, 0.25) is 0 Å². The molecule has 1 nitrogen and oxygen atoms in total. The number of benzene rings is 2. The lowest BCUT2D eigenvalue weighted by Gasteiger charge is -2.12. The molecule has 0 saturated carbocycles. The molecule has 0 saturated heterocycles. The fourth-order valence-corrected chi connectivity index (χ4v) is 3.65. The molecule has 0 atom stereocenters. The third-order valence-corrected chi connectivity index (χ3v) is 4.19. The molecule has 0 fully saturated rings. The van der Waals surface area contributed by atoms with Crippen molar-refractivity contribution in [1.29, 1.82) is 0 Å². The molecule has 0 aromatic heterocycles. The Hall–Kier alpha value is -0.510. The number of anilines is 1. The molecule has 0 aliphatic rings. The van der Waals surface area contributed by atoms with Crippen LogP contribution in [0.2, 0.25) is 5.02 Å². The maximum absolute atomic E-state index is 5.98. The van der Waals surface area contributed by atoms with Gasteiger partial charge in [0.15, 0.2) is 0 Å². The number of hydrogen-bond donors (Lipinski definition) is 1. The molecule has 0 radical (unpaired) electrons. The topological polar surface area (TPSA) is 12.0 Å². The van der Waals surface area contributed by atoms with E-state index in [1.54, 1.807) is 0 Å². The molecular formula is C14H12Br2ClN. The zero-order valence-electron chi connectivity index (χ0n) is 9.81. The maximum Gasteiger partial charge on any atom is 0.0632 e. The van der Waals surface area contributed by atoms with Gasteiger partial charge in [-0.05, 0) is 62.0 Å². The molecule has 18 heavy (non-hydrogen) atoms. The van der Waals surface area contributed by atoms with Crippen molar-refractivity contribution in [2.45, 2.75) is 13.5 Å². The summed E-state index contributed by atoms with van der Waals surface area (Å²) in [6.45, 7) is 2.90. The Labute approximate surface area is 129 Å². The Kier molecular flexibility index (Phi) is 4.71. The molecule has 0 heterocycles. The van der Waals surface area contributed by atoms with Crippen LogP contribution in [0.25, 0.3) is 0 Å². The van der Waals surface area contributed by atoms with Gasteiger partial charge in [-0.1, -0.05) is 35.9 Å². The normalized spacial score (nSPS) is 10.4. The maximum atomic E-state index is 5.98. The molecule has 0 bridgehead atoms. The zero-order valence-corrected chi connectivity index (χ0v) is 13.7. The molecule has 4 heteroatoms. The van der Waals surface area contributed by atoms with Gasteiger partial charge < -0.3 is 5.32 Å². The SMILES string of the molecule is Cc1ccccc1CNc1c(Br)cc(Cl)cc1Br. The second-order valence-corrected chi connectivity index (χ2v) is 6.17.